The molecule has 3 fully saturated rings. The van der Waals surface area contributed by atoms with Crippen molar-refractivity contribution in [3.63, 3.8) is 0 Å². The highest BCUT2D eigenvalue weighted by Crippen LogP contribution is 2.29. The number of hydrogen-bond acceptors (Lipinski definition) is 17. The molecule has 0 aromatic heterocycles. The van der Waals surface area contributed by atoms with Gasteiger partial charge in [0.15, 0.2) is 6.23 Å². The van der Waals surface area contributed by atoms with E-state index in [0.29, 0.717) is 29.9 Å². The van der Waals surface area contributed by atoms with Gasteiger partial charge in [0.05, 0.1) is 38.1 Å². The summed E-state index contributed by atoms with van der Waals surface area (Å²) >= 11 is 0. The number of hydrogen-bond donors (Lipinski definition) is 13. The van der Waals surface area contributed by atoms with E-state index in [-0.39, 0.29) is 37.5 Å². The van der Waals surface area contributed by atoms with Gasteiger partial charge >= 0.3 is 6.03 Å². The lowest BCUT2D eigenvalue weighted by Crippen LogP contribution is -2.63. The number of carbonyl (C=O) groups excluding carboxylic acids is 8. The van der Waals surface area contributed by atoms with Gasteiger partial charge in [0.25, 0.3) is 5.91 Å². The van der Waals surface area contributed by atoms with E-state index in [9.17, 15) is 74.1 Å². The molecule has 484 valence electrons. The topological polar surface area (TPSA) is 375 Å². The van der Waals surface area contributed by atoms with E-state index in [2.05, 4.69) is 40.4 Å². The van der Waals surface area contributed by atoms with Gasteiger partial charge in [-0.1, -0.05) is 151 Å². The predicted molar refractivity (Wildman–Crippen MR) is 319 cm³/mol. The largest absolute Gasteiger partial charge is 0.508 e. The quantitative estimate of drug-likeness (QED) is 0.0566. The first-order valence-corrected chi connectivity index (χ1v) is 30.6. The molecular formula is C63H90N8O17. The summed E-state index contributed by atoms with van der Waals surface area (Å²) < 4.78 is 12.3. The molecule has 3 heterocycles. The van der Waals surface area contributed by atoms with Crippen LogP contribution in [-0.2, 0) is 56.2 Å². The minimum atomic E-state index is -2.20. The molecule has 13 N–H and O–H groups in total. The van der Waals surface area contributed by atoms with Gasteiger partial charge in [-0.25, -0.2) is 4.79 Å². The number of urea groups is 1. The molecule has 9 amide bonds. The molecule has 3 saturated heterocycles. The Bertz CT molecular complexity index is 2750. The lowest BCUT2D eigenvalue weighted by Gasteiger charge is -2.33. The summed E-state index contributed by atoms with van der Waals surface area (Å²) in [5, 5.41) is 93.4. The third-order valence-electron chi connectivity index (χ3n) is 16.5. The number of nitrogens with one attached hydrogen (secondary N) is 6. The number of amides is 9. The van der Waals surface area contributed by atoms with Gasteiger partial charge in [-0.15, -0.1) is 0 Å². The fraction of sp³-hybridized carbons (Fsp3) is 0.587. The fourth-order valence-corrected chi connectivity index (χ4v) is 11.1. The molecule has 15 atom stereocenters. The van der Waals surface area contributed by atoms with Crippen molar-refractivity contribution in [2.24, 2.45) is 11.8 Å². The van der Waals surface area contributed by atoms with Crippen LogP contribution in [0.3, 0.4) is 0 Å². The highest BCUT2D eigenvalue weighted by atomic mass is 16.5. The maximum absolute atomic E-state index is 14.7. The second-order valence-corrected chi connectivity index (χ2v) is 23.5. The van der Waals surface area contributed by atoms with Crippen LogP contribution >= 0.6 is 0 Å². The molecule has 25 nitrogen and oxygen atoms in total. The van der Waals surface area contributed by atoms with Crippen LogP contribution in [0.4, 0.5) is 4.79 Å². The van der Waals surface area contributed by atoms with Crippen LogP contribution in [0.5, 0.6) is 5.75 Å². The third-order valence-corrected chi connectivity index (χ3v) is 16.5. The average molecular weight is 1230 g/mol. The zero-order valence-corrected chi connectivity index (χ0v) is 50.6. The van der Waals surface area contributed by atoms with Gasteiger partial charge in [-0.2, -0.15) is 0 Å². The van der Waals surface area contributed by atoms with Crippen molar-refractivity contribution in [2.45, 2.75) is 203 Å². The summed E-state index contributed by atoms with van der Waals surface area (Å²) in [6.07, 6.45) is -3.52. The zero-order valence-electron chi connectivity index (χ0n) is 50.6. The van der Waals surface area contributed by atoms with Crippen LogP contribution in [0.15, 0.2) is 84.9 Å². The Balaban J connectivity index is 1.35. The van der Waals surface area contributed by atoms with Crippen molar-refractivity contribution in [2.75, 3.05) is 19.7 Å². The van der Waals surface area contributed by atoms with Crippen LogP contribution in [0.1, 0.15) is 134 Å². The maximum Gasteiger partial charge on any atom is 0.322 e. The molecule has 0 bridgehead atoms. The second kappa shape index (κ2) is 34.6. The highest BCUT2D eigenvalue weighted by molar-refractivity contribution is 6.02. The minimum absolute atomic E-state index is 0.0497. The standard InChI is InChI=1S/C63H90N8O17/c1-5-37(2)20-14-10-8-6-7-9-11-19-25-49(77)64-45-31-48(76)60(88-36-41-23-17-13-18-24-41)68-59(83)52-53(78)38(3)32-71(52)61(84)46(34-72)65-58(82)51(54(79)55(42-26-28-43(74)29-27-42)87-35-40-21-15-12-16-22-40)67-63(86)69-57(81)47-30-44(75)33-70(47)62(85)50(39(4)73)66-56(45)80/h12-13,15-18,21-24,26-29,37-39,44-48,50-55,60,72-76,78-79H,5-11,14,19-20,25,30-36H2,1-4H3,(H,64,77)(H,65,82)(H,66,80)(H,68,83)(H2,67,69,81,86)/t37?,38-,39+,44+,45-,46?,47-,48+,50-,51?,52?,53-,54-,55?,60+/m0/s1. The Morgan fingerprint density at radius 1 is 0.682 bits per heavy atom. The van der Waals surface area contributed by atoms with E-state index in [1.807, 2.05) is 5.32 Å². The van der Waals surface area contributed by atoms with E-state index in [1.54, 1.807) is 60.7 Å². The van der Waals surface area contributed by atoms with Gasteiger partial charge < -0.3 is 81.6 Å². The molecule has 25 heteroatoms. The first kappa shape index (κ1) is 70.0. The molecule has 3 aromatic rings. The Morgan fingerprint density at radius 3 is 1.91 bits per heavy atom. The Labute approximate surface area is 513 Å². The number of phenols is 1. The summed E-state index contributed by atoms with van der Waals surface area (Å²) in [6, 6.07) is 9.68. The zero-order chi connectivity index (χ0) is 64.0. The molecule has 0 saturated carbocycles. The number of carbonyl (C=O) groups is 8. The van der Waals surface area contributed by atoms with Gasteiger partial charge in [0.1, 0.15) is 60.3 Å². The van der Waals surface area contributed by atoms with Crippen molar-refractivity contribution < 1.29 is 83.6 Å². The van der Waals surface area contributed by atoms with Crippen molar-refractivity contribution in [1.29, 1.82) is 0 Å². The number of aliphatic hydroxyl groups is 6. The van der Waals surface area contributed by atoms with Crippen molar-refractivity contribution in [3.05, 3.63) is 102 Å². The molecular weight excluding hydrogens is 1140 g/mol. The summed E-state index contributed by atoms with van der Waals surface area (Å²) in [5.41, 5.74) is 1.33. The normalized spacial score (nSPS) is 26.8. The fourth-order valence-electron chi connectivity index (χ4n) is 11.1. The van der Waals surface area contributed by atoms with Crippen LogP contribution in [-0.4, -0.2) is 186 Å². The van der Waals surface area contributed by atoms with Crippen molar-refractivity contribution >= 4 is 47.4 Å². The Kier molecular flexibility index (Phi) is 27.5. The Hall–Kier alpha value is -7.10. The van der Waals surface area contributed by atoms with Gasteiger partial charge in [-0.05, 0) is 48.1 Å². The van der Waals surface area contributed by atoms with Gasteiger partial charge in [-0.3, -0.25) is 38.9 Å². The summed E-state index contributed by atoms with van der Waals surface area (Å²) in [5.74, 6) is -7.98. The Morgan fingerprint density at radius 2 is 1.30 bits per heavy atom. The van der Waals surface area contributed by atoms with Crippen LogP contribution in [0.25, 0.3) is 0 Å². The van der Waals surface area contributed by atoms with E-state index in [0.717, 1.165) is 55.2 Å². The number of fused-ring (bicyclic) bond motifs is 2. The van der Waals surface area contributed by atoms with E-state index in [4.69, 9.17) is 9.47 Å². The van der Waals surface area contributed by atoms with Crippen LogP contribution < -0.4 is 31.9 Å². The number of aliphatic hydroxyl groups excluding tert-OH is 6. The molecule has 0 spiro atoms. The monoisotopic (exact) mass is 1230 g/mol. The molecule has 3 aliphatic rings. The number of nitrogens with zero attached hydrogens (tertiary/aromatic N) is 2. The maximum atomic E-state index is 14.7. The van der Waals surface area contributed by atoms with E-state index < -0.39 is 158 Å². The number of ether oxygens (including phenoxy) is 2. The minimum Gasteiger partial charge on any atom is -0.508 e. The lowest BCUT2D eigenvalue weighted by atomic mass is 9.97. The molecule has 0 radical (unpaired) electrons. The number of imide groups is 1. The number of aromatic hydroxyl groups is 1. The average Bonchev–Trinajstić information content (AvgIpc) is 3.56. The van der Waals surface area contributed by atoms with Gasteiger partial charge in [0, 0.05) is 38.3 Å². The molecule has 88 heavy (non-hydrogen) atoms. The highest BCUT2D eigenvalue weighted by Gasteiger charge is 2.49. The number of unbranched alkanes of at least 4 members (excludes halogenated alkanes) is 7. The number of phenolic OH excluding ortho intramolecular Hbond substituents is 1. The first-order valence-electron chi connectivity index (χ1n) is 30.6. The molecule has 3 aliphatic heterocycles. The first-order chi connectivity index (χ1) is 42.1. The van der Waals surface area contributed by atoms with E-state index >= 15 is 0 Å². The van der Waals surface area contributed by atoms with Crippen LogP contribution in [0, 0.1) is 11.8 Å². The second-order valence-electron chi connectivity index (χ2n) is 23.5. The molecule has 6 rings (SSSR count). The lowest BCUT2D eigenvalue weighted by molar-refractivity contribution is -0.149. The third kappa shape index (κ3) is 20.2. The predicted octanol–water partition coefficient (Wildman–Crippen LogP) is 1.57. The summed E-state index contributed by atoms with van der Waals surface area (Å²) in [6.45, 7) is 4.62. The van der Waals surface area contributed by atoms with E-state index in [1.165, 1.54) is 44.0 Å². The number of benzene rings is 3. The summed E-state index contributed by atoms with van der Waals surface area (Å²) in [4.78, 5) is 117. The summed E-state index contributed by atoms with van der Waals surface area (Å²) in [7, 11) is 0. The smallest absolute Gasteiger partial charge is 0.322 e. The van der Waals surface area contributed by atoms with Crippen LogP contribution in [0.2, 0.25) is 0 Å². The number of rotatable bonds is 24. The SMILES string of the molecule is CCC(C)CCCCCCCCCCC(=O)N[C@H]1C[C@@H](O)[C@@H](OCc2ccccc2)NC(=O)C2[C@@H](O)[C@@H](C)CN2C(=O)C(CO)NC(=O)C([C@H](O)C(OCc2ccccc2)c2ccc(O)cc2)NC(=O)NC(=O)[C@@H]2C[C@@H](O)CN2C(=O)[C@H]([C@@H](C)O)NC1=O. The van der Waals surface area contributed by atoms with Crippen molar-refractivity contribution in [1.82, 2.24) is 41.7 Å². The molecule has 0 aliphatic carbocycles. The van der Waals surface area contributed by atoms with Crippen molar-refractivity contribution in [3.8, 4) is 5.75 Å². The molecule has 5 unspecified atom stereocenters. The molecule has 3 aromatic carbocycles. The van der Waals surface area contributed by atoms with Gasteiger partial charge in [0.2, 0.25) is 35.4 Å².